The van der Waals surface area contributed by atoms with Gasteiger partial charge in [-0.05, 0) is 29.7 Å². The lowest BCUT2D eigenvalue weighted by molar-refractivity contribution is -0.129. The van der Waals surface area contributed by atoms with Gasteiger partial charge in [0.25, 0.3) is 0 Å². The number of thioether (sulfide) groups is 1. The van der Waals surface area contributed by atoms with E-state index in [0.29, 0.717) is 5.75 Å². The standard InChI is InChI=1S/C19H18N2OS2/c22-19(21-10-9-14-5-1-2-6-15(14)11-21)13-23-12-18-20-16-7-3-4-8-17(16)24-18/h1-8H,9-13H2. The number of para-hydroxylation sites is 1. The number of nitrogens with zero attached hydrogens (tertiary/aromatic N) is 2. The van der Waals surface area contributed by atoms with Gasteiger partial charge in [-0.15, -0.1) is 23.1 Å². The summed E-state index contributed by atoms with van der Waals surface area (Å²) in [6, 6.07) is 16.6. The van der Waals surface area contributed by atoms with E-state index in [0.717, 1.165) is 35.8 Å². The smallest absolute Gasteiger partial charge is 0.232 e. The first kappa shape index (κ1) is 15.7. The van der Waals surface area contributed by atoms with Crippen molar-refractivity contribution >= 4 is 39.2 Å². The number of fused-ring (bicyclic) bond motifs is 2. The normalized spacial score (nSPS) is 13.9. The van der Waals surface area contributed by atoms with E-state index in [9.17, 15) is 4.79 Å². The van der Waals surface area contributed by atoms with Gasteiger partial charge in [0, 0.05) is 18.8 Å². The highest BCUT2D eigenvalue weighted by molar-refractivity contribution is 7.99. The SMILES string of the molecule is O=C(CSCc1nc2ccccc2s1)N1CCc2ccccc2C1. The second-order valence-corrected chi connectivity index (χ2v) is 8.00. The van der Waals surface area contributed by atoms with Crippen LogP contribution in [0.5, 0.6) is 0 Å². The van der Waals surface area contributed by atoms with Gasteiger partial charge in [0.2, 0.25) is 5.91 Å². The molecule has 0 unspecified atom stereocenters. The molecule has 0 saturated heterocycles. The Morgan fingerprint density at radius 3 is 2.79 bits per heavy atom. The van der Waals surface area contributed by atoms with Crippen LogP contribution >= 0.6 is 23.1 Å². The van der Waals surface area contributed by atoms with Crippen molar-refractivity contribution in [2.24, 2.45) is 0 Å². The molecule has 2 heterocycles. The third kappa shape index (κ3) is 3.32. The molecule has 1 aliphatic heterocycles. The summed E-state index contributed by atoms with van der Waals surface area (Å²) in [6.07, 6.45) is 0.963. The molecule has 0 spiro atoms. The molecule has 0 fully saturated rings. The van der Waals surface area contributed by atoms with Gasteiger partial charge in [-0.3, -0.25) is 4.79 Å². The van der Waals surface area contributed by atoms with Gasteiger partial charge in [-0.25, -0.2) is 4.98 Å². The van der Waals surface area contributed by atoms with Crippen LogP contribution in [0.4, 0.5) is 0 Å². The van der Waals surface area contributed by atoms with E-state index in [1.165, 1.54) is 15.8 Å². The molecule has 5 heteroatoms. The second-order valence-electron chi connectivity index (χ2n) is 5.90. The first-order chi connectivity index (χ1) is 11.8. The number of rotatable bonds is 4. The van der Waals surface area contributed by atoms with Crippen molar-refractivity contribution in [3.05, 3.63) is 64.7 Å². The van der Waals surface area contributed by atoms with Crippen LogP contribution in [0, 0.1) is 0 Å². The maximum absolute atomic E-state index is 12.5. The molecule has 0 atom stereocenters. The molecule has 1 aliphatic rings. The molecule has 2 aromatic carbocycles. The molecule has 0 aliphatic carbocycles. The van der Waals surface area contributed by atoms with Crippen LogP contribution in [0.25, 0.3) is 10.2 Å². The van der Waals surface area contributed by atoms with Gasteiger partial charge >= 0.3 is 0 Å². The monoisotopic (exact) mass is 354 g/mol. The Balaban J connectivity index is 1.32. The molecule has 24 heavy (non-hydrogen) atoms. The third-order valence-electron chi connectivity index (χ3n) is 4.27. The fraction of sp³-hybridized carbons (Fsp3) is 0.263. The van der Waals surface area contributed by atoms with Gasteiger partial charge in [0.15, 0.2) is 0 Å². The number of hydrogen-bond donors (Lipinski definition) is 0. The average Bonchev–Trinajstić information content (AvgIpc) is 3.04. The van der Waals surface area contributed by atoms with Crippen molar-refractivity contribution in [3.8, 4) is 0 Å². The summed E-state index contributed by atoms with van der Waals surface area (Å²) in [4.78, 5) is 19.1. The van der Waals surface area contributed by atoms with E-state index in [1.807, 2.05) is 23.1 Å². The van der Waals surface area contributed by atoms with E-state index in [4.69, 9.17) is 0 Å². The summed E-state index contributed by atoms with van der Waals surface area (Å²) in [5, 5.41) is 1.10. The zero-order chi connectivity index (χ0) is 16.4. The fourth-order valence-corrected chi connectivity index (χ4v) is 4.95. The van der Waals surface area contributed by atoms with E-state index in [1.54, 1.807) is 23.1 Å². The second kappa shape index (κ2) is 6.95. The van der Waals surface area contributed by atoms with Crippen molar-refractivity contribution in [2.75, 3.05) is 12.3 Å². The molecule has 0 N–H and O–H groups in total. The minimum Gasteiger partial charge on any atom is -0.337 e. The summed E-state index contributed by atoms with van der Waals surface area (Å²) >= 11 is 3.38. The Morgan fingerprint density at radius 1 is 1.12 bits per heavy atom. The van der Waals surface area contributed by atoms with Crippen LogP contribution in [0.15, 0.2) is 48.5 Å². The van der Waals surface area contributed by atoms with Crippen molar-refractivity contribution in [1.82, 2.24) is 9.88 Å². The number of thiazole rings is 1. The Labute approximate surface area is 149 Å². The topological polar surface area (TPSA) is 33.2 Å². The summed E-state index contributed by atoms with van der Waals surface area (Å²) in [5.74, 6) is 1.56. The lowest BCUT2D eigenvalue weighted by atomic mass is 10.00. The van der Waals surface area contributed by atoms with Gasteiger partial charge in [0.1, 0.15) is 5.01 Å². The fourth-order valence-electron chi connectivity index (χ4n) is 3.01. The molecule has 1 amide bonds. The lowest BCUT2D eigenvalue weighted by Gasteiger charge is -2.28. The van der Waals surface area contributed by atoms with Crippen LogP contribution in [-0.2, 0) is 23.5 Å². The predicted molar refractivity (Wildman–Crippen MR) is 101 cm³/mol. The van der Waals surface area contributed by atoms with Gasteiger partial charge in [-0.1, -0.05) is 36.4 Å². The van der Waals surface area contributed by atoms with E-state index in [-0.39, 0.29) is 5.91 Å². The molecule has 3 nitrogen and oxygen atoms in total. The third-order valence-corrected chi connectivity index (χ3v) is 6.42. The average molecular weight is 355 g/mol. The predicted octanol–water partition coefficient (Wildman–Crippen LogP) is 4.11. The minimum atomic E-state index is 0.232. The lowest BCUT2D eigenvalue weighted by Crippen LogP contribution is -2.37. The van der Waals surface area contributed by atoms with Crippen molar-refractivity contribution in [1.29, 1.82) is 0 Å². The van der Waals surface area contributed by atoms with Crippen LogP contribution in [-0.4, -0.2) is 28.1 Å². The number of aromatic nitrogens is 1. The molecular weight excluding hydrogens is 336 g/mol. The van der Waals surface area contributed by atoms with Crippen LogP contribution in [0.2, 0.25) is 0 Å². The van der Waals surface area contributed by atoms with Crippen LogP contribution < -0.4 is 0 Å². The van der Waals surface area contributed by atoms with E-state index < -0.39 is 0 Å². The molecular formula is C19H18N2OS2. The summed E-state index contributed by atoms with van der Waals surface area (Å²) < 4.78 is 1.21. The highest BCUT2D eigenvalue weighted by Gasteiger charge is 2.20. The quantitative estimate of drug-likeness (QED) is 0.707. The Morgan fingerprint density at radius 2 is 1.92 bits per heavy atom. The first-order valence-electron chi connectivity index (χ1n) is 8.06. The zero-order valence-corrected chi connectivity index (χ0v) is 14.9. The largest absolute Gasteiger partial charge is 0.337 e. The number of benzene rings is 2. The Hall–Kier alpha value is -1.85. The molecule has 4 rings (SSSR count). The number of hydrogen-bond acceptors (Lipinski definition) is 4. The number of amides is 1. The molecule has 3 aromatic rings. The van der Waals surface area contributed by atoms with Crippen LogP contribution in [0.1, 0.15) is 16.1 Å². The molecule has 1 aromatic heterocycles. The first-order valence-corrected chi connectivity index (χ1v) is 10.0. The molecule has 0 saturated carbocycles. The van der Waals surface area contributed by atoms with Crippen molar-refractivity contribution in [3.63, 3.8) is 0 Å². The Kier molecular flexibility index (Phi) is 4.54. The summed E-state index contributed by atoms with van der Waals surface area (Å²) in [7, 11) is 0. The highest BCUT2D eigenvalue weighted by atomic mass is 32.2. The summed E-state index contributed by atoms with van der Waals surface area (Å²) in [6.45, 7) is 1.58. The van der Waals surface area contributed by atoms with Crippen molar-refractivity contribution in [2.45, 2.75) is 18.7 Å². The molecule has 122 valence electrons. The molecule has 0 radical (unpaired) electrons. The number of carbonyl (C=O) groups is 1. The molecule has 0 bridgehead atoms. The van der Waals surface area contributed by atoms with Gasteiger partial charge in [0.05, 0.1) is 16.0 Å². The minimum absolute atomic E-state index is 0.232. The van der Waals surface area contributed by atoms with Gasteiger partial charge in [-0.2, -0.15) is 0 Å². The van der Waals surface area contributed by atoms with Gasteiger partial charge < -0.3 is 4.90 Å². The Bertz CT molecular complexity index is 841. The summed E-state index contributed by atoms with van der Waals surface area (Å²) in [5.41, 5.74) is 3.72. The van der Waals surface area contributed by atoms with E-state index in [2.05, 4.69) is 35.3 Å². The maximum atomic E-state index is 12.5. The number of carbonyl (C=O) groups excluding carboxylic acids is 1. The van der Waals surface area contributed by atoms with E-state index >= 15 is 0 Å². The maximum Gasteiger partial charge on any atom is 0.232 e. The highest BCUT2D eigenvalue weighted by Crippen LogP contribution is 2.25. The van der Waals surface area contributed by atoms with Crippen LogP contribution in [0.3, 0.4) is 0 Å². The zero-order valence-electron chi connectivity index (χ0n) is 13.3. The van der Waals surface area contributed by atoms with Crippen molar-refractivity contribution < 1.29 is 4.79 Å².